The summed E-state index contributed by atoms with van der Waals surface area (Å²) >= 11 is 0. The zero-order valence-corrected chi connectivity index (χ0v) is 19.0. The number of hydrogen-bond donors (Lipinski definition) is 3. The van der Waals surface area contributed by atoms with Gasteiger partial charge < -0.3 is 10.6 Å². The summed E-state index contributed by atoms with van der Waals surface area (Å²) in [6, 6.07) is 1.64. The molecule has 2 aliphatic carbocycles. The molecule has 0 unspecified atom stereocenters. The number of carbonyl (C=O) groups is 1. The van der Waals surface area contributed by atoms with E-state index < -0.39 is 16.1 Å². The fourth-order valence-corrected chi connectivity index (χ4v) is 4.70. The van der Waals surface area contributed by atoms with Crippen LogP contribution in [0.4, 0.5) is 10.5 Å². The van der Waals surface area contributed by atoms with Crippen molar-refractivity contribution in [2.75, 3.05) is 24.7 Å². The maximum Gasteiger partial charge on any atom is 0.332 e. The molecule has 133 valence electrons. The van der Waals surface area contributed by atoms with Crippen LogP contribution in [-0.2, 0) is 35.7 Å². The van der Waals surface area contributed by atoms with Gasteiger partial charge in [0.05, 0.1) is 5.75 Å². The van der Waals surface area contributed by atoms with Gasteiger partial charge in [-0.2, -0.15) is 0 Å². The van der Waals surface area contributed by atoms with Gasteiger partial charge in [-0.05, 0) is 80.8 Å². The van der Waals surface area contributed by atoms with Gasteiger partial charge in [0.2, 0.25) is 10.0 Å². The maximum absolute atomic E-state index is 12.2. The van der Waals surface area contributed by atoms with Gasteiger partial charge in [-0.3, -0.25) is 0 Å². The molecule has 0 aromatic heterocycles. The summed E-state index contributed by atoms with van der Waals surface area (Å²) in [6.07, 6.45) is 6.64. The summed E-state index contributed by atoms with van der Waals surface area (Å²) in [4.78, 5) is 12.2. The monoisotopic (exact) mass is 390 g/mol. The summed E-state index contributed by atoms with van der Waals surface area (Å²) in [5.41, 5.74) is 5.86. The Balaban J connectivity index is 0.00000225. The van der Waals surface area contributed by atoms with E-state index in [0.717, 1.165) is 44.2 Å². The zero-order chi connectivity index (χ0) is 17.2. The fourth-order valence-electron chi connectivity index (χ4n) is 3.74. The first-order valence-corrected chi connectivity index (χ1v) is 10.3. The predicted octanol–water partition coefficient (Wildman–Crippen LogP) is 1.34. The molecule has 1 aromatic carbocycles. The molecular weight excluding hydrogens is 365 g/mol. The number of nitrogens with one attached hydrogen (secondary N) is 3. The Morgan fingerprint density at radius 1 is 1.08 bits per heavy atom. The summed E-state index contributed by atoms with van der Waals surface area (Å²) in [5.74, 6) is -0.0632. The first-order valence-electron chi connectivity index (χ1n) is 8.63. The van der Waals surface area contributed by atoms with Crippen molar-refractivity contribution in [2.45, 2.75) is 44.9 Å². The Kier molecular flexibility index (Phi) is 7.94. The van der Waals surface area contributed by atoms with Crippen molar-refractivity contribution in [1.82, 2.24) is 10.0 Å². The molecule has 0 saturated carbocycles. The summed E-state index contributed by atoms with van der Waals surface area (Å²) < 4.78 is 26.1. The van der Waals surface area contributed by atoms with Crippen LogP contribution in [0, 0.1) is 0 Å². The Hall–Kier alpha value is 0.0364. The number of aryl methyl sites for hydroxylation is 2. The Labute approximate surface area is 192 Å². The minimum Gasteiger partial charge on any atom is -0.320 e. The van der Waals surface area contributed by atoms with Crippen molar-refractivity contribution in [3.63, 3.8) is 0 Å². The number of urea groups is 1. The zero-order valence-electron chi connectivity index (χ0n) is 15.1. The Morgan fingerprint density at radius 2 is 1.68 bits per heavy atom. The smallest absolute Gasteiger partial charge is 0.320 e. The number of sulfonamides is 1. The Morgan fingerprint density at radius 3 is 2.24 bits per heavy atom. The van der Waals surface area contributed by atoms with Crippen LogP contribution in [0.15, 0.2) is 6.07 Å². The van der Waals surface area contributed by atoms with Gasteiger partial charge in [-0.15, -0.1) is 0 Å². The average molecular weight is 391 g/mol. The second kappa shape index (κ2) is 9.30. The quantitative estimate of drug-likeness (QED) is 0.505. The number of anilines is 1. The van der Waals surface area contributed by atoms with E-state index in [2.05, 4.69) is 21.4 Å². The van der Waals surface area contributed by atoms with Crippen LogP contribution in [0.25, 0.3) is 0 Å². The van der Waals surface area contributed by atoms with Crippen LogP contribution in [0.5, 0.6) is 0 Å². The summed E-state index contributed by atoms with van der Waals surface area (Å²) in [7, 11) is -1.84. The van der Waals surface area contributed by atoms with Crippen molar-refractivity contribution < 1.29 is 13.2 Å². The molecule has 0 spiro atoms. The van der Waals surface area contributed by atoms with E-state index in [1.165, 1.54) is 22.3 Å². The van der Waals surface area contributed by atoms with E-state index in [1.54, 1.807) is 7.05 Å². The van der Waals surface area contributed by atoms with Gasteiger partial charge in [-0.1, -0.05) is 6.07 Å². The molecule has 3 rings (SSSR count). The molecule has 0 atom stereocenters. The van der Waals surface area contributed by atoms with Crippen molar-refractivity contribution in [3.8, 4) is 0 Å². The van der Waals surface area contributed by atoms with Gasteiger partial charge in [0.25, 0.3) is 0 Å². The molecule has 0 saturated heterocycles. The standard InChI is InChI=1S/C17H25N3O3S.K/c1-18-9-4-10-24(22,23)20-17(21)19-16-14-7-2-5-12(14)11-13-6-3-8-15(13)16;/h11,18H,2-10H2,1H3,(H2,19,20,21);. The van der Waals surface area contributed by atoms with E-state index in [9.17, 15) is 13.2 Å². The van der Waals surface area contributed by atoms with Crippen LogP contribution >= 0.6 is 0 Å². The molecule has 2 amide bonds. The van der Waals surface area contributed by atoms with E-state index in [-0.39, 0.29) is 57.1 Å². The first-order chi connectivity index (χ1) is 11.5. The van der Waals surface area contributed by atoms with Crippen molar-refractivity contribution in [2.24, 2.45) is 0 Å². The van der Waals surface area contributed by atoms with E-state index in [4.69, 9.17) is 0 Å². The normalized spacial score (nSPS) is 15.2. The topological polar surface area (TPSA) is 87.3 Å². The first kappa shape index (κ1) is 21.3. The molecule has 0 aliphatic heterocycles. The number of carbonyl (C=O) groups excluding carboxylic acids is 1. The molecule has 6 nitrogen and oxygen atoms in total. The molecule has 0 fully saturated rings. The van der Waals surface area contributed by atoms with E-state index in [0.29, 0.717) is 13.0 Å². The molecule has 1 radical (unpaired) electrons. The Bertz CT molecular complexity index is 718. The number of fused-ring (bicyclic) bond motifs is 2. The average Bonchev–Trinajstić information content (AvgIpc) is 3.15. The molecule has 25 heavy (non-hydrogen) atoms. The molecule has 2 aliphatic rings. The maximum atomic E-state index is 12.2. The molecule has 3 N–H and O–H groups in total. The number of hydrogen-bond acceptors (Lipinski definition) is 4. The third-order valence-electron chi connectivity index (χ3n) is 4.80. The van der Waals surface area contributed by atoms with Gasteiger partial charge in [0.1, 0.15) is 0 Å². The van der Waals surface area contributed by atoms with Crippen molar-refractivity contribution in [3.05, 3.63) is 28.3 Å². The van der Waals surface area contributed by atoms with Crippen LogP contribution in [0.3, 0.4) is 0 Å². The third kappa shape index (κ3) is 5.28. The molecule has 0 heterocycles. The third-order valence-corrected chi connectivity index (χ3v) is 6.12. The SMILES string of the molecule is CNCCCS(=O)(=O)NC(=O)Nc1c2c(cc3c1CCC3)CCC2.[K]. The summed E-state index contributed by atoms with van der Waals surface area (Å²) in [5, 5.41) is 5.74. The largest absolute Gasteiger partial charge is 0.332 e. The minimum atomic E-state index is -3.60. The van der Waals surface area contributed by atoms with Gasteiger partial charge >= 0.3 is 6.03 Å². The van der Waals surface area contributed by atoms with E-state index in [1.807, 2.05) is 0 Å². The van der Waals surface area contributed by atoms with Crippen LogP contribution in [-0.4, -0.2) is 85.2 Å². The predicted molar refractivity (Wildman–Crippen MR) is 101 cm³/mol. The molecular formula is C17H25KN3O3S. The summed E-state index contributed by atoms with van der Waals surface area (Å²) in [6.45, 7) is 0.599. The van der Waals surface area contributed by atoms with Crippen LogP contribution < -0.4 is 15.4 Å². The van der Waals surface area contributed by atoms with Gasteiger partial charge in [0.15, 0.2) is 0 Å². The number of rotatable bonds is 6. The van der Waals surface area contributed by atoms with Crippen molar-refractivity contribution in [1.29, 1.82) is 0 Å². The number of benzene rings is 1. The number of amides is 2. The fraction of sp³-hybridized carbons (Fsp3) is 0.588. The van der Waals surface area contributed by atoms with Crippen molar-refractivity contribution >= 4 is 73.1 Å². The van der Waals surface area contributed by atoms with Crippen LogP contribution in [0.2, 0.25) is 0 Å². The van der Waals surface area contributed by atoms with Gasteiger partial charge in [-0.25, -0.2) is 17.9 Å². The van der Waals surface area contributed by atoms with Crippen LogP contribution in [0.1, 0.15) is 41.5 Å². The second-order valence-corrected chi connectivity index (χ2v) is 8.41. The molecule has 0 bridgehead atoms. The molecule has 8 heteroatoms. The minimum absolute atomic E-state index is 0. The second-order valence-electron chi connectivity index (χ2n) is 6.57. The van der Waals surface area contributed by atoms with E-state index >= 15 is 0 Å². The molecule has 1 aromatic rings. The van der Waals surface area contributed by atoms with Gasteiger partial charge in [0, 0.05) is 57.1 Å².